The third-order valence-corrected chi connectivity index (χ3v) is 10.9. The number of nitrogens with one attached hydrogen (secondary N) is 1. The lowest BCUT2D eigenvalue weighted by Crippen LogP contribution is -2.58. The van der Waals surface area contributed by atoms with Crippen molar-refractivity contribution in [1.82, 2.24) is 14.8 Å². The molecule has 2 fully saturated rings. The van der Waals surface area contributed by atoms with Crippen LogP contribution in [0.4, 0.5) is 5.13 Å². The molecule has 3 N–H and O–H groups in total. The van der Waals surface area contributed by atoms with E-state index in [2.05, 4.69) is 12.2 Å². The number of amides is 3. The fraction of sp³-hybridized carbons (Fsp3) is 0.600. The maximum absolute atomic E-state index is 13.7. The molecule has 1 saturated carbocycles. The third-order valence-electron chi connectivity index (χ3n) is 9.92. The largest absolute Gasteiger partial charge is 0.497 e. The number of aromatic nitrogens is 1. The number of thiazole rings is 1. The molecule has 41 heavy (non-hydrogen) atoms. The Kier molecular flexibility index (Phi) is 8.15. The summed E-state index contributed by atoms with van der Waals surface area (Å²) in [6.07, 6.45) is 1.44. The lowest BCUT2D eigenvalue weighted by molar-refractivity contribution is -0.149. The fourth-order valence-electron chi connectivity index (χ4n) is 7.19. The highest BCUT2D eigenvalue weighted by Gasteiger charge is 2.59. The van der Waals surface area contributed by atoms with E-state index >= 15 is 0 Å². The zero-order valence-corrected chi connectivity index (χ0v) is 25.0. The van der Waals surface area contributed by atoms with Crippen LogP contribution in [0.25, 0.3) is 0 Å². The number of fused-ring (bicyclic) bond motifs is 2. The molecule has 2 aliphatic carbocycles. The Morgan fingerprint density at radius 3 is 2.39 bits per heavy atom. The average Bonchev–Trinajstić information content (AvgIpc) is 3.38. The van der Waals surface area contributed by atoms with Crippen LogP contribution in [0.2, 0.25) is 0 Å². The maximum Gasteiger partial charge on any atom is 0.257 e. The van der Waals surface area contributed by atoms with E-state index in [1.165, 1.54) is 11.3 Å². The van der Waals surface area contributed by atoms with Crippen molar-refractivity contribution in [3.05, 3.63) is 40.4 Å². The van der Waals surface area contributed by atoms with Gasteiger partial charge in [0.05, 0.1) is 25.5 Å². The minimum absolute atomic E-state index is 0.0136. The Hall–Kier alpha value is -3.02. The molecule has 2 heterocycles. The van der Waals surface area contributed by atoms with Gasteiger partial charge in [-0.2, -0.15) is 0 Å². The summed E-state index contributed by atoms with van der Waals surface area (Å²) in [4.78, 5) is 48.0. The number of piperazine rings is 1. The van der Waals surface area contributed by atoms with Gasteiger partial charge in [0, 0.05) is 61.3 Å². The van der Waals surface area contributed by atoms with Crippen molar-refractivity contribution in [3.63, 3.8) is 0 Å². The average molecular weight is 585 g/mol. The van der Waals surface area contributed by atoms with Crippen molar-refractivity contribution in [2.75, 3.05) is 45.2 Å². The number of aliphatic hydroxyl groups excluding tert-OH is 2. The highest BCUT2D eigenvalue weighted by molar-refractivity contribution is 7.15. The number of carbonyl (C=O) groups is 3. The summed E-state index contributed by atoms with van der Waals surface area (Å²) in [7, 11) is 1.57. The monoisotopic (exact) mass is 584 g/mol. The highest BCUT2D eigenvalue weighted by atomic mass is 32.1. The van der Waals surface area contributed by atoms with Crippen LogP contribution in [0.15, 0.2) is 24.3 Å². The van der Waals surface area contributed by atoms with E-state index in [1.54, 1.807) is 43.2 Å². The van der Waals surface area contributed by atoms with Crippen LogP contribution >= 0.6 is 11.3 Å². The third kappa shape index (κ3) is 5.35. The number of hydrogen-bond acceptors (Lipinski definition) is 8. The predicted molar refractivity (Wildman–Crippen MR) is 155 cm³/mol. The van der Waals surface area contributed by atoms with Gasteiger partial charge in [-0.05, 0) is 54.9 Å². The van der Waals surface area contributed by atoms with E-state index in [-0.39, 0.29) is 48.0 Å². The van der Waals surface area contributed by atoms with Gasteiger partial charge in [-0.1, -0.05) is 13.8 Å². The van der Waals surface area contributed by atoms with Crippen LogP contribution in [0, 0.1) is 16.7 Å². The number of carbonyl (C=O) groups excluding carboxylic acids is 3. The first-order valence-electron chi connectivity index (χ1n) is 14.3. The molecule has 5 rings (SSSR count). The van der Waals surface area contributed by atoms with Crippen molar-refractivity contribution in [1.29, 1.82) is 0 Å². The summed E-state index contributed by atoms with van der Waals surface area (Å²) >= 11 is 1.40. The maximum atomic E-state index is 13.7. The van der Waals surface area contributed by atoms with Gasteiger partial charge in [-0.25, -0.2) is 4.98 Å². The van der Waals surface area contributed by atoms with Crippen molar-refractivity contribution < 1.29 is 29.3 Å². The number of nitrogens with zero attached hydrogens (tertiary/aromatic N) is 3. The Morgan fingerprint density at radius 1 is 1.12 bits per heavy atom. The highest BCUT2D eigenvalue weighted by Crippen LogP contribution is 2.63. The van der Waals surface area contributed by atoms with E-state index in [9.17, 15) is 24.6 Å². The lowest BCUT2D eigenvalue weighted by Gasteiger charge is -2.58. The number of benzene rings is 1. The molecule has 10 nitrogen and oxygen atoms in total. The molecule has 222 valence electrons. The van der Waals surface area contributed by atoms with Crippen LogP contribution in [0.1, 0.15) is 66.9 Å². The minimum Gasteiger partial charge on any atom is -0.497 e. The molecule has 1 aromatic carbocycles. The first-order chi connectivity index (χ1) is 19.5. The van der Waals surface area contributed by atoms with E-state index in [0.717, 1.165) is 10.6 Å². The van der Waals surface area contributed by atoms with Gasteiger partial charge in [0.25, 0.3) is 5.91 Å². The quantitative estimate of drug-likeness (QED) is 0.476. The Bertz CT molecular complexity index is 1310. The summed E-state index contributed by atoms with van der Waals surface area (Å²) in [5.41, 5.74) is 0.194. The van der Waals surface area contributed by atoms with E-state index < -0.39 is 11.5 Å². The second kappa shape index (κ2) is 11.3. The van der Waals surface area contributed by atoms with Gasteiger partial charge in [-0.3, -0.25) is 19.7 Å². The van der Waals surface area contributed by atoms with Crippen molar-refractivity contribution >= 4 is 34.2 Å². The number of ether oxygens (including phenoxy) is 1. The molecule has 1 aromatic heterocycles. The standard InChI is InChI=1S/C30H40N4O6S/c1-18(36)33-11-13-34(14-12-33)25(38)15-21-26-22(16-23-29(21,2)10-9-24(37)30(23,3)17-35)41-28(31-26)32-27(39)19-5-7-20(40-4)8-6-19/h5-8,21,23-24,35,37H,9-17H2,1-4H3,(H,31,32,39)/t21-,23+,24-,29+,30+/m1/s1. The van der Waals surface area contributed by atoms with Crippen LogP contribution in [0.5, 0.6) is 5.75 Å². The molecular weight excluding hydrogens is 544 g/mol. The molecule has 5 atom stereocenters. The Balaban J connectivity index is 1.44. The molecule has 1 saturated heterocycles. The van der Waals surface area contributed by atoms with Crippen LogP contribution < -0.4 is 10.1 Å². The summed E-state index contributed by atoms with van der Waals surface area (Å²) in [6.45, 7) is 7.52. The molecule has 0 radical (unpaired) electrons. The van der Waals surface area contributed by atoms with Gasteiger partial charge in [0.1, 0.15) is 5.75 Å². The molecule has 11 heteroatoms. The van der Waals surface area contributed by atoms with Gasteiger partial charge >= 0.3 is 0 Å². The smallest absolute Gasteiger partial charge is 0.257 e. The first-order valence-corrected chi connectivity index (χ1v) is 15.1. The molecule has 3 aliphatic rings. The normalized spacial score (nSPS) is 29.4. The predicted octanol–water partition coefficient (Wildman–Crippen LogP) is 2.90. The second-order valence-electron chi connectivity index (χ2n) is 12.1. The Morgan fingerprint density at radius 2 is 1.78 bits per heavy atom. The lowest BCUT2D eigenvalue weighted by atomic mass is 9.47. The number of methoxy groups -OCH3 is 1. The summed E-state index contributed by atoms with van der Waals surface area (Å²) in [5, 5.41) is 24.9. The topological polar surface area (TPSA) is 132 Å². The molecular formula is C30H40N4O6S. The second-order valence-corrected chi connectivity index (χ2v) is 13.2. The molecule has 2 aromatic rings. The van der Waals surface area contributed by atoms with Crippen molar-refractivity contribution in [2.24, 2.45) is 16.7 Å². The summed E-state index contributed by atoms with van der Waals surface area (Å²) < 4.78 is 5.19. The van der Waals surface area contributed by atoms with E-state index in [4.69, 9.17) is 9.72 Å². The van der Waals surface area contributed by atoms with Gasteiger partial charge < -0.3 is 24.7 Å². The number of rotatable bonds is 6. The molecule has 0 bridgehead atoms. The summed E-state index contributed by atoms with van der Waals surface area (Å²) in [6, 6.07) is 6.84. The van der Waals surface area contributed by atoms with Gasteiger partial charge in [0.15, 0.2) is 5.13 Å². The zero-order valence-electron chi connectivity index (χ0n) is 24.2. The van der Waals surface area contributed by atoms with E-state index in [1.807, 2.05) is 11.8 Å². The van der Waals surface area contributed by atoms with Crippen molar-refractivity contribution in [2.45, 2.75) is 58.5 Å². The fourth-order valence-corrected chi connectivity index (χ4v) is 8.25. The van der Waals surface area contributed by atoms with Crippen LogP contribution in [0.3, 0.4) is 0 Å². The molecule has 0 unspecified atom stereocenters. The number of hydrogen-bond donors (Lipinski definition) is 3. The molecule has 0 spiro atoms. The van der Waals surface area contributed by atoms with E-state index in [0.29, 0.717) is 61.9 Å². The molecule has 3 amide bonds. The Labute approximate surface area is 244 Å². The number of anilines is 1. The van der Waals surface area contributed by atoms with Gasteiger partial charge in [-0.15, -0.1) is 11.3 Å². The SMILES string of the molecule is COc1ccc(C(=O)Nc2nc3c(s2)C[C@@H]2[C@](C)(CO)[C@H](O)CC[C@@]2(C)[C@@H]3CC(=O)N2CCN(C(C)=O)CC2)cc1. The first kappa shape index (κ1) is 29.5. The number of aliphatic hydroxyl groups is 2. The van der Waals surface area contributed by atoms with Crippen molar-refractivity contribution in [3.8, 4) is 5.75 Å². The summed E-state index contributed by atoms with van der Waals surface area (Å²) in [5.74, 6) is 0.0882. The van der Waals surface area contributed by atoms with Gasteiger partial charge in [0.2, 0.25) is 11.8 Å². The minimum atomic E-state index is -0.727. The zero-order chi connectivity index (χ0) is 29.5. The molecule has 1 aliphatic heterocycles. The van der Waals surface area contributed by atoms with Crippen LogP contribution in [-0.2, 0) is 16.0 Å². The van der Waals surface area contributed by atoms with Crippen LogP contribution in [-0.4, -0.2) is 88.7 Å².